The number of fused-ring (bicyclic) bond motifs is 1. The van der Waals surface area contributed by atoms with Crippen molar-refractivity contribution in [2.75, 3.05) is 31.5 Å². The molecule has 1 saturated carbocycles. The number of anilines is 1. The van der Waals surface area contributed by atoms with Gasteiger partial charge in [-0.15, -0.1) is 10.2 Å². The zero-order valence-corrected chi connectivity index (χ0v) is 19.5. The van der Waals surface area contributed by atoms with Gasteiger partial charge in [0.05, 0.1) is 11.9 Å². The zero-order valence-electron chi connectivity index (χ0n) is 19.5. The Morgan fingerprint density at radius 2 is 1.83 bits per heavy atom. The minimum absolute atomic E-state index is 0.399. The minimum Gasteiger partial charge on any atom is -0.368 e. The first-order valence-electron chi connectivity index (χ1n) is 11.5. The third kappa shape index (κ3) is 4.53. The van der Waals surface area contributed by atoms with Crippen LogP contribution in [-0.4, -0.2) is 51.1 Å². The molecule has 2 fully saturated rings. The molecule has 1 N–H and O–H groups in total. The van der Waals surface area contributed by atoms with Crippen LogP contribution in [0.25, 0.3) is 11.4 Å². The molecule has 0 amide bonds. The van der Waals surface area contributed by atoms with Gasteiger partial charge in [0, 0.05) is 33.2 Å². The van der Waals surface area contributed by atoms with Crippen molar-refractivity contribution in [3.05, 3.63) is 23.9 Å². The van der Waals surface area contributed by atoms with Crippen LogP contribution < -0.4 is 5.32 Å². The van der Waals surface area contributed by atoms with Crippen LogP contribution in [0, 0.1) is 36.0 Å². The van der Waals surface area contributed by atoms with Gasteiger partial charge in [-0.05, 0) is 66.5 Å². The van der Waals surface area contributed by atoms with Gasteiger partial charge in [0.2, 0.25) is 0 Å². The van der Waals surface area contributed by atoms with E-state index in [1.54, 1.807) is 0 Å². The molecule has 1 saturated heterocycles. The second-order valence-electron chi connectivity index (χ2n) is 10.8. The largest absolute Gasteiger partial charge is 0.368 e. The van der Waals surface area contributed by atoms with Crippen LogP contribution in [-0.2, 0) is 7.05 Å². The van der Waals surface area contributed by atoms with Crippen molar-refractivity contribution in [2.24, 2.45) is 36.1 Å². The van der Waals surface area contributed by atoms with Gasteiger partial charge < -0.3 is 10.2 Å². The molecule has 0 bridgehead atoms. The number of likely N-dealkylation sites (tertiary alicyclic amines) is 1. The number of hydrogen-bond donors (Lipinski definition) is 1. The molecule has 3 heterocycles. The van der Waals surface area contributed by atoms with Crippen LogP contribution in [0.2, 0.25) is 0 Å². The number of nitrogens with zero attached hydrogens (tertiary/aromatic N) is 5. The Hall–Kier alpha value is -1.95. The topological polar surface area (TPSA) is 58.9 Å². The van der Waals surface area contributed by atoms with Gasteiger partial charge in [0.15, 0.2) is 0 Å². The lowest BCUT2D eigenvalue weighted by Crippen LogP contribution is -2.33. The molecule has 2 aromatic rings. The van der Waals surface area contributed by atoms with E-state index in [0.717, 1.165) is 53.0 Å². The van der Waals surface area contributed by atoms with Crippen molar-refractivity contribution in [3.63, 3.8) is 0 Å². The standard InChI is InChI=1S/C24H38N6/c1-16-11-26-29(6)23(16)21-7-8-22(28-27-21)25-12-18-9-19-14-30(15-20(19)10-18)13-17(2)24(3,4)5/h7-8,11,17-20H,9-10,12-15H2,1-6H3,(H,25,28)/t17?,18-,19-,20+. The van der Waals surface area contributed by atoms with Crippen LogP contribution in [0.5, 0.6) is 0 Å². The summed E-state index contributed by atoms with van der Waals surface area (Å²) in [5.41, 5.74) is 3.42. The van der Waals surface area contributed by atoms with Crippen molar-refractivity contribution in [3.8, 4) is 11.4 Å². The average Bonchev–Trinajstić information content (AvgIpc) is 3.33. The fourth-order valence-electron chi connectivity index (χ4n) is 5.22. The monoisotopic (exact) mass is 410 g/mol. The van der Waals surface area contributed by atoms with Gasteiger partial charge in [0.1, 0.15) is 11.5 Å². The Balaban J connectivity index is 1.25. The molecule has 30 heavy (non-hydrogen) atoms. The number of aromatic nitrogens is 4. The maximum Gasteiger partial charge on any atom is 0.148 e. The zero-order chi connectivity index (χ0) is 21.5. The van der Waals surface area contributed by atoms with E-state index < -0.39 is 0 Å². The van der Waals surface area contributed by atoms with Gasteiger partial charge in [0.25, 0.3) is 0 Å². The van der Waals surface area contributed by atoms with E-state index in [0.29, 0.717) is 5.41 Å². The summed E-state index contributed by atoms with van der Waals surface area (Å²) in [7, 11) is 1.94. The molecule has 4 rings (SSSR count). The molecule has 4 atom stereocenters. The molecule has 0 spiro atoms. The summed E-state index contributed by atoms with van der Waals surface area (Å²) in [6, 6.07) is 4.08. The summed E-state index contributed by atoms with van der Waals surface area (Å²) in [5, 5.41) is 16.7. The summed E-state index contributed by atoms with van der Waals surface area (Å²) < 4.78 is 1.86. The van der Waals surface area contributed by atoms with E-state index >= 15 is 0 Å². The normalized spacial score (nSPS) is 25.5. The van der Waals surface area contributed by atoms with Gasteiger partial charge in [-0.2, -0.15) is 5.10 Å². The SMILES string of the molecule is Cc1cnn(C)c1-c1ccc(NC[C@@H]2C[C@@H]3CN(CC(C)C(C)(C)C)C[C@@H]3C2)nn1. The second-order valence-corrected chi connectivity index (χ2v) is 10.8. The van der Waals surface area contributed by atoms with E-state index in [4.69, 9.17) is 0 Å². The smallest absolute Gasteiger partial charge is 0.148 e. The van der Waals surface area contributed by atoms with Crippen LogP contribution in [0.3, 0.4) is 0 Å². The Labute approximate surface area is 181 Å². The molecule has 6 heteroatoms. The highest BCUT2D eigenvalue weighted by Crippen LogP contribution is 2.42. The average molecular weight is 411 g/mol. The molecule has 1 unspecified atom stereocenters. The summed E-state index contributed by atoms with van der Waals surface area (Å²) in [6.07, 6.45) is 4.56. The van der Waals surface area contributed by atoms with E-state index in [2.05, 4.69) is 60.1 Å². The minimum atomic E-state index is 0.399. The van der Waals surface area contributed by atoms with Crippen LogP contribution >= 0.6 is 0 Å². The highest BCUT2D eigenvalue weighted by Gasteiger charge is 2.41. The number of rotatable bonds is 6. The Kier molecular flexibility index (Phi) is 5.88. The van der Waals surface area contributed by atoms with Gasteiger partial charge in [-0.3, -0.25) is 4.68 Å². The third-order valence-corrected chi connectivity index (χ3v) is 7.54. The number of nitrogens with one attached hydrogen (secondary N) is 1. The van der Waals surface area contributed by atoms with Gasteiger partial charge >= 0.3 is 0 Å². The second kappa shape index (κ2) is 8.29. The molecule has 0 aromatic carbocycles. The quantitative estimate of drug-likeness (QED) is 0.772. The van der Waals surface area contributed by atoms with E-state index in [9.17, 15) is 0 Å². The van der Waals surface area contributed by atoms with E-state index in [1.165, 1.54) is 32.5 Å². The summed E-state index contributed by atoms with van der Waals surface area (Å²) in [4.78, 5) is 2.72. The molecule has 0 radical (unpaired) electrons. The molecule has 6 nitrogen and oxygen atoms in total. The molecular formula is C24H38N6. The third-order valence-electron chi connectivity index (χ3n) is 7.54. The lowest BCUT2D eigenvalue weighted by Gasteiger charge is -2.31. The maximum absolute atomic E-state index is 4.42. The highest BCUT2D eigenvalue weighted by atomic mass is 15.3. The summed E-state index contributed by atoms with van der Waals surface area (Å²) in [6.45, 7) is 16.4. The predicted molar refractivity (Wildman–Crippen MR) is 122 cm³/mol. The Morgan fingerprint density at radius 3 is 2.37 bits per heavy atom. The lowest BCUT2D eigenvalue weighted by molar-refractivity contribution is 0.173. The van der Waals surface area contributed by atoms with Crippen molar-refractivity contribution >= 4 is 5.82 Å². The fourth-order valence-corrected chi connectivity index (χ4v) is 5.22. The molecule has 1 aliphatic heterocycles. The van der Waals surface area contributed by atoms with Crippen molar-refractivity contribution < 1.29 is 0 Å². The van der Waals surface area contributed by atoms with Crippen molar-refractivity contribution in [2.45, 2.75) is 47.5 Å². The van der Waals surface area contributed by atoms with Gasteiger partial charge in [-0.1, -0.05) is 27.7 Å². The van der Waals surface area contributed by atoms with E-state index in [1.807, 2.05) is 30.1 Å². The first kappa shape index (κ1) is 21.3. The Morgan fingerprint density at radius 1 is 1.13 bits per heavy atom. The number of hydrogen-bond acceptors (Lipinski definition) is 5. The number of aryl methyl sites for hydroxylation is 2. The summed E-state index contributed by atoms with van der Waals surface area (Å²) in [5.74, 6) is 4.13. The van der Waals surface area contributed by atoms with Crippen molar-refractivity contribution in [1.82, 2.24) is 24.9 Å². The molecule has 2 aromatic heterocycles. The van der Waals surface area contributed by atoms with Crippen LogP contribution in [0.4, 0.5) is 5.82 Å². The highest BCUT2D eigenvalue weighted by molar-refractivity contribution is 5.59. The summed E-state index contributed by atoms with van der Waals surface area (Å²) >= 11 is 0. The van der Waals surface area contributed by atoms with Crippen LogP contribution in [0.15, 0.2) is 18.3 Å². The first-order chi connectivity index (χ1) is 14.2. The molecule has 1 aliphatic carbocycles. The van der Waals surface area contributed by atoms with Crippen LogP contribution in [0.1, 0.15) is 46.1 Å². The maximum atomic E-state index is 4.42. The first-order valence-corrected chi connectivity index (χ1v) is 11.5. The molecular weight excluding hydrogens is 372 g/mol. The Bertz CT molecular complexity index is 816. The lowest BCUT2D eigenvalue weighted by atomic mass is 9.82. The van der Waals surface area contributed by atoms with Crippen molar-refractivity contribution in [1.29, 1.82) is 0 Å². The van der Waals surface area contributed by atoms with Gasteiger partial charge in [-0.25, -0.2) is 0 Å². The molecule has 2 aliphatic rings. The molecule has 164 valence electrons. The van der Waals surface area contributed by atoms with E-state index in [-0.39, 0.29) is 0 Å². The fraction of sp³-hybridized carbons (Fsp3) is 0.708. The predicted octanol–water partition coefficient (Wildman–Crippen LogP) is 4.24.